The second-order valence-corrected chi connectivity index (χ2v) is 2.63. The van der Waals surface area contributed by atoms with Crippen LogP contribution in [0, 0.1) is 0 Å². The van der Waals surface area contributed by atoms with Crippen LogP contribution < -0.4 is 11.1 Å². The molecule has 1 unspecified atom stereocenters. The minimum absolute atomic E-state index is 0.137. The number of rotatable bonds is 5. The van der Waals surface area contributed by atoms with Gasteiger partial charge < -0.3 is 15.6 Å². The third-order valence-electron chi connectivity index (χ3n) is 1.18. The lowest BCUT2D eigenvalue weighted by Crippen LogP contribution is -2.44. The zero-order valence-electron chi connectivity index (χ0n) is 7.41. The van der Waals surface area contributed by atoms with Gasteiger partial charge in [0.05, 0.1) is 12.7 Å². The van der Waals surface area contributed by atoms with Crippen molar-refractivity contribution in [3.63, 3.8) is 0 Å². The van der Waals surface area contributed by atoms with E-state index < -0.39 is 12.0 Å². The van der Waals surface area contributed by atoms with Crippen molar-refractivity contribution >= 4 is 5.97 Å². The molecule has 0 aliphatic heterocycles. The number of hydrogen-bond acceptors (Lipinski definition) is 5. The molecule has 0 bridgehead atoms. The third-order valence-corrected chi connectivity index (χ3v) is 1.18. The summed E-state index contributed by atoms with van der Waals surface area (Å²) in [6, 6.07) is -0.711. The Bertz CT molecular complexity index is 139. The molecule has 0 aromatic carbocycles. The minimum atomic E-state index is -0.711. The first-order valence-corrected chi connectivity index (χ1v) is 3.86. The molecule has 0 rings (SSSR count). The van der Waals surface area contributed by atoms with E-state index in [0.29, 0.717) is 0 Å². The largest absolute Gasteiger partial charge is 0.462 e. The lowest BCUT2D eigenvalue weighted by Gasteiger charge is -2.15. The Morgan fingerprint density at radius 1 is 1.67 bits per heavy atom. The van der Waals surface area contributed by atoms with E-state index in [9.17, 15) is 4.79 Å². The number of aliphatic hydroxyl groups is 1. The van der Waals surface area contributed by atoms with Gasteiger partial charge in [0.25, 0.3) is 0 Å². The molecule has 0 fully saturated rings. The zero-order valence-corrected chi connectivity index (χ0v) is 7.41. The Balaban J connectivity index is 3.85. The van der Waals surface area contributed by atoms with Crippen LogP contribution >= 0.6 is 0 Å². The maximum absolute atomic E-state index is 11.1. The lowest BCUT2D eigenvalue weighted by molar-refractivity contribution is -0.151. The predicted molar refractivity (Wildman–Crippen MR) is 44.3 cm³/mol. The average molecular weight is 176 g/mol. The van der Waals surface area contributed by atoms with Crippen molar-refractivity contribution in [1.29, 1.82) is 0 Å². The monoisotopic (exact) mass is 176 g/mol. The topological polar surface area (TPSA) is 84.6 Å². The number of esters is 1. The molecule has 0 aromatic rings. The standard InChI is InChI=1S/C7H16N2O3/c1-5(2)12-7(11)6(3-10)9-4-8/h5-6,9-10H,3-4,8H2,1-2H3. The van der Waals surface area contributed by atoms with Crippen LogP contribution in [0.25, 0.3) is 0 Å². The Labute approximate surface area is 71.9 Å². The molecule has 0 aromatic heterocycles. The summed E-state index contributed by atoms with van der Waals surface area (Å²) in [7, 11) is 0. The molecule has 0 heterocycles. The van der Waals surface area contributed by atoms with E-state index in [1.54, 1.807) is 13.8 Å². The van der Waals surface area contributed by atoms with E-state index in [1.807, 2.05) is 0 Å². The van der Waals surface area contributed by atoms with Gasteiger partial charge in [0.2, 0.25) is 0 Å². The smallest absolute Gasteiger partial charge is 0.325 e. The average Bonchev–Trinajstić information content (AvgIpc) is 1.98. The van der Waals surface area contributed by atoms with Crippen molar-refractivity contribution in [2.45, 2.75) is 26.0 Å². The zero-order chi connectivity index (χ0) is 9.56. The first-order chi connectivity index (χ1) is 5.61. The van der Waals surface area contributed by atoms with Gasteiger partial charge in [0.15, 0.2) is 0 Å². The minimum Gasteiger partial charge on any atom is -0.462 e. The van der Waals surface area contributed by atoms with Crippen molar-refractivity contribution in [2.75, 3.05) is 13.3 Å². The van der Waals surface area contributed by atoms with Gasteiger partial charge in [-0.05, 0) is 13.8 Å². The number of carbonyl (C=O) groups excluding carboxylic acids is 1. The fraction of sp³-hybridized carbons (Fsp3) is 0.857. The normalized spacial score (nSPS) is 13.1. The summed E-state index contributed by atoms with van der Waals surface area (Å²) < 4.78 is 4.84. The van der Waals surface area contributed by atoms with Crippen LogP contribution in [-0.2, 0) is 9.53 Å². The van der Waals surface area contributed by atoms with Crippen LogP contribution in [0.3, 0.4) is 0 Å². The van der Waals surface area contributed by atoms with Crippen LogP contribution in [0.1, 0.15) is 13.8 Å². The number of aliphatic hydroxyl groups excluding tert-OH is 1. The van der Waals surface area contributed by atoms with E-state index in [4.69, 9.17) is 15.6 Å². The van der Waals surface area contributed by atoms with Crippen LogP contribution in [0.2, 0.25) is 0 Å². The van der Waals surface area contributed by atoms with Crippen molar-refractivity contribution in [1.82, 2.24) is 5.32 Å². The summed E-state index contributed by atoms with van der Waals surface area (Å²) in [5, 5.41) is 11.3. The molecule has 1 atom stereocenters. The summed E-state index contributed by atoms with van der Waals surface area (Å²) in [5.41, 5.74) is 5.14. The van der Waals surface area contributed by atoms with Crippen LogP contribution in [0.5, 0.6) is 0 Å². The van der Waals surface area contributed by atoms with Gasteiger partial charge in [0, 0.05) is 6.67 Å². The molecular weight excluding hydrogens is 160 g/mol. The van der Waals surface area contributed by atoms with Gasteiger partial charge in [0.1, 0.15) is 6.04 Å². The van der Waals surface area contributed by atoms with E-state index in [-0.39, 0.29) is 19.4 Å². The van der Waals surface area contributed by atoms with Crippen molar-refractivity contribution in [3.8, 4) is 0 Å². The van der Waals surface area contributed by atoms with Crippen molar-refractivity contribution in [2.24, 2.45) is 5.73 Å². The molecular formula is C7H16N2O3. The maximum atomic E-state index is 11.1. The van der Waals surface area contributed by atoms with E-state index in [1.165, 1.54) is 0 Å². The summed E-state index contributed by atoms with van der Waals surface area (Å²) in [4.78, 5) is 11.1. The Morgan fingerprint density at radius 3 is 2.58 bits per heavy atom. The molecule has 0 saturated carbocycles. The number of nitrogens with one attached hydrogen (secondary N) is 1. The molecule has 0 spiro atoms. The summed E-state index contributed by atoms with van der Waals surface area (Å²) in [6.07, 6.45) is -0.175. The van der Waals surface area contributed by atoms with Crippen LogP contribution in [0.4, 0.5) is 0 Å². The molecule has 0 aliphatic carbocycles. The molecule has 72 valence electrons. The molecule has 12 heavy (non-hydrogen) atoms. The van der Waals surface area contributed by atoms with Gasteiger partial charge in [-0.3, -0.25) is 10.1 Å². The number of hydrogen-bond donors (Lipinski definition) is 3. The van der Waals surface area contributed by atoms with Gasteiger partial charge in [-0.1, -0.05) is 0 Å². The molecule has 5 heteroatoms. The van der Waals surface area contributed by atoms with E-state index in [0.717, 1.165) is 0 Å². The molecule has 0 saturated heterocycles. The fourth-order valence-electron chi connectivity index (χ4n) is 0.679. The fourth-order valence-corrected chi connectivity index (χ4v) is 0.679. The molecule has 0 amide bonds. The first-order valence-electron chi connectivity index (χ1n) is 3.86. The summed E-state index contributed by atoms with van der Waals surface area (Å²) >= 11 is 0. The van der Waals surface area contributed by atoms with Crippen LogP contribution in [-0.4, -0.2) is 36.5 Å². The number of nitrogens with two attached hydrogens (primary N) is 1. The molecule has 4 N–H and O–H groups in total. The third kappa shape index (κ3) is 4.27. The van der Waals surface area contributed by atoms with Crippen molar-refractivity contribution < 1.29 is 14.6 Å². The highest BCUT2D eigenvalue weighted by molar-refractivity contribution is 5.76. The molecule has 5 nitrogen and oxygen atoms in total. The van der Waals surface area contributed by atoms with E-state index >= 15 is 0 Å². The SMILES string of the molecule is CC(C)OC(=O)C(CO)NCN. The second kappa shape index (κ2) is 5.93. The molecule has 0 radical (unpaired) electrons. The highest BCUT2D eigenvalue weighted by atomic mass is 16.5. The Kier molecular flexibility index (Phi) is 5.61. The predicted octanol–water partition coefficient (Wildman–Crippen LogP) is -1.20. The Hall–Kier alpha value is -0.650. The summed E-state index contributed by atoms with van der Waals surface area (Å²) in [5.74, 6) is -0.474. The first kappa shape index (κ1) is 11.4. The van der Waals surface area contributed by atoms with E-state index in [2.05, 4.69) is 5.32 Å². The highest BCUT2D eigenvalue weighted by Gasteiger charge is 2.18. The maximum Gasteiger partial charge on any atom is 0.325 e. The second-order valence-electron chi connectivity index (χ2n) is 2.63. The lowest BCUT2D eigenvalue weighted by atomic mass is 10.3. The van der Waals surface area contributed by atoms with Gasteiger partial charge in [-0.15, -0.1) is 0 Å². The summed E-state index contributed by atoms with van der Waals surface area (Å²) in [6.45, 7) is 3.32. The van der Waals surface area contributed by atoms with Crippen LogP contribution in [0.15, 0.2) is 0 Å². The van der Waals surface area contributed by atoms with Gasteiger partial charge in [-0.2, -0.15) is 0 Å². The van der Waals surface area contributed by atoms with Crippen molar-refractivity contribution in [3.05, 3.63) is 0 Å². The van der Waals surface area contributed by atoms with Gasteiger partial charge >= 0.3 is 5.97 Å². The number of ether oxygens (including phenoxy) is 1. The quantitative estimate of drug-likeness (QED) is 0.362. The number of carbonyl (C=O) groups is 1. The van der Waals surface area contributed by atoms with Gasteiger partial charge in [-0.25, -0.2) is 0 Å². The molecule has 0 aliphatic rings. The highest BCUT2D eigenvalue weighted by Crippen LogP contribution is 1.93. The Morgan fingerprint density at radius 2 is 2.25 bits per heavy atom.